The number of nitrogens with zero attached hydrogens (tertiary/aromatic N) is 2. The van der Waals surface area contributed by atoms with Crippen molar-refractivity contribution >= 4 is 18.5 Å². The fourth-order valence-electron chi connectivity index (χ4n) is 1.92. The Balaban J connectivity index is 2.27. The van der Waals surface area contributed by atoms with Gasteiger partial charge in [-0.3, -0.25) is 4.79 Å². The largest absolute Gasteiger partial charge is 0.344 e. The maximum atomic E-state index is 11.9. The summed E-state index contributed by atoms with van der Waals surface area (Å²) < 4.78 is 0. The van der Waals surface area contributed by atoms with Crippen molar-refractivity contribution in [1.82, 2.24) is 9.80 Å². The minimum atomic E-state index is -0.163. The maximum Gasteiger partial charge on any atom is 0.235 e. The number of rotatable bonds is 5. The fraction of sp³-hybridized carbons (Fsp3) is 0.917. The molecule has 0 bridgehead atoms. The molecule has 1 aliphatic heterocycles. The molecule has 3 nitrogen and oxygen atoms in total. The highest BCUT2D eigenvalue weighted by Crippen LogP contribution is 2.12. The van der Waals surface area contributed by atoms with Crippen molar-refractivity contribution in [2.45, 2.75) is 31.9 Å². The van der Waals surface area contributed by atoms with Crippen molar-refractivity contribution in [3.8, 4) is 0 Å². The molecule has 1 aliphatic rings. The molecule has 0 aromatic heterocycles. The second-order valence-electron chi connectivity index (χ2n) is 5.00. The van der Waals surface area contributed by atoms with E-state index in [1.807, 2.05) is 25.8 Å². The molecule has 0 N–H and O–H groups in total. The third kappa shape index (κ3) is 3.98. The molecule has 1 fully saturated rings. The van der Waals surface area contributed by atoms with Gasteiger partial charge in [0.05, 0.1) is 5.25 Å². The molecule has 4 heteroatoms. The van der Waals surface area contributed by atoms with Gasteiger partial charge in [0, 0.05) is 20.1 Å². The van der Waals surface area contributed by atoms with E-state index in [2.05, 4.69) is 17.5 Å². The lowest BCUT2D eigenvalue weighted by atomic mass is 10.1. The number of likely N-dealkylation sites (tertiary alicyclic amines) is 1. The first-order chi connectivity index (χ1) is 7.52. The van der Waals surface area contributed by atoms with Crippen molar-refractivity contribution in [2.24, 2.45) is 5.92 Å². The van der Waals surface area contributed by atoms with E-state index in [-0.39, 0.29) is 11.2 Å². The summed E-state index contributed by atoms with van der Waals surface area (Å²) in [5.41, 5.74) is 0. The Morgan fingerprint density at radius 3 is 2.44 bits per heavy atom. The number of amides is 1. The van der Waals surface area contributed by atoms with Crippen LogP contribution in [0.4, 0.5) is 0 Å². The molecule has 0 radical (unpaired) electrons. The lowest BCUT2D eigenvalue weighted by molar-refractivity contribution is -0.130. The zero-order valence-corrected chi connectivity index (χ0v) is 11.5. The predicted octanol–water partition coefficient (Wildman–Crippen LogP) is 1.50. The minimum absolute atomic E-state index is 0.150. The van der Waals surface area contributed by atoms with E-state index >= 15 is 0 Å². The fourth-order valence-corrected chi connectivity index (χ4v) is 2.12. The van der Waals surface area contributed by atoms with Gasteiger partial charge in [-0.1, -0.05) is 13.8 Å². The van der Waals surface area contributed by atoms with Crippen LogP contribution in [0.1, 0.15) is 26.7 Å². The summed E-state index contributed by atoms with van der Waals surface area (Å²) in [4.78, 5) is 16.2. The summed E-state index contributed by atoms with van der Waals surface area (Å²) in [5.74, 6) is 0.447. The van der Waals surface area contributed by atoms with Crippen LogP contribution in [0.15, 0.2) is 0 Å². The standard InChI is InChI=1S/C12H24N2OS/c1-10(2)11(16)12(15)13(3)8-9-14-6-4-5-7-14/h10-11,16H,4-9H2,1-3H3. The Morgan fingerprint density at radius 2 is 1.94 bits per heavy atom. The molecule has 0 aliphatic carbocycles. The van der Waals surface area contributed by atoms with E-state index in [9.17, 15) is 4.79 Å². The monoisotopic (exact) mass is 244 g/mol. The van der Waals surface area contributed by atoms with Gasteiger partial charge < -0.3 is 9.80 Å². The first-order valence-electron chi connectivity index (χ1n) is 6.17. The third-order valence-corrected chi connectivity index (χ3v) is 4.03. The summed E-state index contributed by atoms with van der Waals surface area (Å²) in [6.45, 7) is 8.27. The molecule has 16 heavy (non-hydrogen) atoms. The summed E-state index contributed by atoms with van der Waals surface area (Å²) in [7, 11) is 1.88. The Hall–Kier alpha value is -0.220. The Kier molecular flexibility index (Phi) is 5.62. The van der Waals surface area contributed by atoms with Crippen molar-refractivity contribution in [1.29, 1.82) is 0 Å². The van der Waals surface area contributed by atoms with Crippen LogP contribution in [0.5, 0.6) is 0 Å². The van der Waals surface area contributed by atoms with Gasteiger partial charge in [0.25, 0.3) is 0 Å². The van der Waals surface area contributed by atoms with Crippen molar-refractivity contribution < 1.29 is 4.79 Å². The molecular formula is C12H24N2OS. The van der Waals surface area contributed by atoms with E-state index in [0.717, 1.165) is 13.1 Å². The highest BCUT2D eigenvalue weighted by molar-refractivity contribution is 7.81. The summed E-state index contributed by atoms with van der Waals surface area (Å²) in [5, 5.41) is -0.163. The number of carbonyl (C=O) groups excluding carboxylic acids is 1. The van der Waals surface area contributed by atoms with Crippen LogP contribution < -0.4 is 0 Å². The molecule has 1 saturated heterocycles. The normalized spacial score (nSPS) is 19.1. The van der Waals surface area contributed by atoms with E-state index < -0.39 is 0 Å². The topological polar surface area (TPSA) is 23.6 Å². The molecule has 1 rings (SSSR count). The van der Waals surface area contributed by atoms with Crippen molar-refractivity contribution in [3.63, 3.8) is 0 Å². The van der Waals surface area contributed by atoms with Crippen LogP contribution in [0.3, 0.4) is 0 Å². The molecular weight excluding hydrogens is 220 g/mol. The number of hydrogen-bond acceptors (Lipinski definition) is 3. The lowest BCUT2D eigenvalue weighted by Gasteiger charge is -2.25. The molecule has 1 heterocycles. The quantitative estimate of drug-likeness (QED) is 0.741. The van der Waals surface area contributed by atoms with Gasteiger partial charge in [-0.15, -0.1) is 0 Å². The highest BCUT2D eigenvalue weighted by atomic mass is 32.1. The van der Waals surface area contributed by atoms with E-state index in [0.29, 0.717) is 5.92 Å². The zero-order chi connectivity index (χ0) is 12.1. The van der Waals surface area contributed by atoms with Gasteiger partial charge in [0.15, 0.2) is 0 Å². The summed E-state index contributed by atoms with van der Waals surface area (Å²) in [6.07, 6.45) is 2.61. The summed E-state index contributed by atoms with van der Waals surface area (Å²) >= 11 is 4.36. The van der Waals surface area contributed by atoms with Crippen LogP contribution in [0.2, 0.25) is 0 Å². The Labute approximate surface area is 105 Å². The van der Waals surface area contributed by atoms with Crippen LogP contribution in [0, 0.1) is 5.92 Å². The highest BCUT2D eigenvalue weighted by Gasteiger charge is 2.22. The molecule has 0 aromatic rings. The molecule has 94 valence electrons. The van der Waals surface area contributed by atoms with Crippen molar-refractivity contribution in [2.75, 3.05) is 33.2 Å². The van der Waals surface area contributed by atoms with E-state index in [4.69, 9.17) is 0 Å². The molecule has 0 aromatic carbocycles. The predicted molar refractivity (Wildman–Crippen MR) is 70.9 cm³/mol. The molecule has 0 saturated carbocycles. The van der Waals surface area contributed by atoms with Gasteiger partial charge in [0.1, 0.15) is 0 Å². The van der Waals surface area contributed by atoms with Crippen LogP contribution in [0.25, 0.3) is 0 Å². The summed E-state index contributed by atoms with van der Waals surface area (Å²) in [6, 6.07) is 0. The van der Waals surface area contributed by atoms with E-state index in [1.54, 1.807) is 0 Å². The Bertz CT molecular complexity index is 227. The molecule has 1 atom stereocenters. The van der Waals surface area contributed by atoms with Gasteiger partial charge in [-0.2, -0.15) is 12.6 Å². The number of likely N-dealkylation sites (N-methyl/N-ethyl adjacent to an activating group) is 1. The van der Waals surface area contributed by atoms with Crippen LogP contribution >= 0.6 is 12.6 Å². The van der Waals surface area contributed by atoms with Gasteiger partial charge in [0.2, 0.25) is 5.91 Å². The number of thiol groups is 1. The van der Waals surface area contributed by atoms with Crippen LogP contribution in [-0.2, 0) is 4.79 Å². The van der Waals surface area contributed by atoms with Crippen LogP contribution in [-0.4, -0.2) is 54.2 Å². The second-order valence-corrected chi connectivity index (χ2v) is 5.55. The van der Waals surface area contributed by atoms with Crippen molar-refractivity contribution in [3.05, 3.63) is 0 Å². The Morgan fingerprint density at radius 1 is 1.38 bits per heavy atom. The van der Waals surface area contributed by atoms with Gasteiger partial charge in [-0.05, 0) is 31.8 Å². The SMILES string of the molecule is CC(C)C(S)C(=O)N(C)CCN1CCCC1. The van der Waals surface area contributed by atoms with E-state index in [1.165, 1.54) is 25.9 Å². The number of hydrogen-bond donors (Lipinski definition) is 1. The maximum absolute atomic E-state index is 11.9. The molecule has 0 spiro atoms. The zero-order valence-electron chi connectivity index (χ0n) is 10.6. The third-order valence-electron chi connectivity index (χ3n) is 3.21. The van der Waals surface area contributed by atoms with Gasteiger partial charge >= 0.3 is 0 Å². The minimum Gasteiger partial charge on any atom is -0.344 e. The lowest BCUT2D eigenvalue weighted by Crippen LogP contribution is -2.40. The average Bonchev–Trinajstić information content (AvgIpc) is 2.76. The number of carbonyl (C=O) groups is 1. The first kappa shape index (κ1) is 13.8. The average molecular weight is 244 g/mol. The molecule has 1 amide bonds. The second kappa shape index (κ2) is 6.50. The molecule has 1 unspecified atom stereocenters. The smallest absolute Gasteiger partial charge is 0.235 e. The first-order valence-corrected chi connectivity index (χ1v) is 6.69. The van der Waals surface area contributed by atoms with Gasteiger partial charge in [-0.25, -0.2) is 0 Å².